The third kappa shape index (κ3) is 3.08. The lowest BCUT2D eigenvalue weighted by Crippen LogP contribution is -2.33. The summed E-state index contributed by atoms with van der Waals surface area (Å²) in [6.45, 7) is -0.447. The van der Waals surface area contributed by atoms with Crippen LogP contribution in [0.5, 0.6) is 0 Å². The van der Waals surface area contributed by atoms with Crippen molar-refractivity contribution in [1.82, 2.24) is 19.5 Å². The molecule has 0 spiro atoms. The van der Waals surface area contributed by atoms with Crippen molar-refractivity contribution in [3.05, 3.63) is 47.9 Å². The van der Waals surface area contributed by atoms with Crippen LogP contribution in [-0.4, -0.2) is 64.9 Å². The lowest BCUT2D eigenvalue weighted by atomic mass is 10.1. The second-order valence-corrected chi connectivity index (χ2v) is 6.42. The van der Waals surface area contributed by atoms with Crippen LogP contribution in [0.1, 0.15) is 17.5 Å². The average molecular weight is 385 g/mol. The summed E-state index contributed by atoms with van der Waals surface area (Å²) in [6.07, 6.45) is -1.69. The highest BCUT2D eigenvalue weighted by Crippen LogP contribution is 2.32. The van der Waals surface area contributed by atoms with Gasteiger partial charge in [0, 0.05) is 11.6 Å². The number of hydrogen-bond donors (Lipinski definition) is 5. The van der Waals surface area contributed by atoms with Gasteiger partial charge < -0.3 is 30.9 Å². The summed E-state index contributed by atoms with van der Waals surface area (Å²) in [5.74, 6) is -0.0874. The Labute approximate surface area is 159 Å². The second-order valence-electron chi connectivity index (χ2n) is 6.42. The van der Waals surface area contributed by atoms with Gasteiger partial charge in [-0.2, -0.15) is 4.98 Å². The fraction of sp³-hybridized carbons (Fsp3) is 0.278. The van der Waals surface area contributed by atoms with Crippen LogP contribution in [-0.2, 0) is 4.74 Å². The van der Waals surface area contributed by atoms with Gasteiger partial charge in [0.25, 0.3) is 0 Å². The van der Waals surface area contributed by atoms with E-state index in [2.05, 4.69) is 15.0 Å². The van der Waals surface area contributed by atoms with Gasteiger partial charge >= 0.3 is 0 Å². The minimum atomic E-state index is -1.29. The number of rotatable bonds is 4. The number of aliphatic hydroxyl groups excluding tert-OH is 4. The maximum atomic E-state index is 10.4. The van der Waals surface area contributed by atoms with Gasteiger partial charge in [-0.05, 0) is 0 Å². The molecule has 4 rings (SSSR count). The van der Waals surface area contributed by atoms with E-state index in [0.717, 1.165) is 0 Å². The number of anilines is 1. The molecule has 2 aromatic heterocycles. The summed E-state index contributed by atoms with van der Waals surface area (Å²) >= 11 is 0. The Balaban J connectivity index is 1.78. The number of ether oxygens (including phenoxy) is 1. The Kier molecular flexibility index (Phi) is 4.69. The highest BCUT2D eigenvalue weighted by Gasteiger charge is 2.44. The van der Waals surface area contributed by atoms with Crippen molar-refractivity contribution in [3.63, 3.8) is 0 Å². The first-order valence-electron chi connectivity index (χ1n) is 8.58. The van der Waals surface area contributed by atoms with Crippen molar-refractivity contribution in [2.75, 3.05) is 12.3 Å². The van der Waals surface area contributed by atoms with E-state index in [0.29, 0.717) is 11.1 Å². The summed E-state index contributed by atoms with van der Waals surface area (Å²) in [6, 6.07) is 8.90. The number of nitrogens with two attached hydrogens (primary N) is 1. The van der Waals surface area contributed by atoms with Gasteiger partial charge in [0.05, 0.1) is 12.9 Å². The third-order valence-corrected chi connectivity index (χ3v) is 4.60. The van der Waals surface area contributed by atoms with Crippen LogP contribution < -0.4 is 5.73 Å². The Bertz CT molecular complexity index is 1020. The number of imidazole rings is 1. The normalized spacial score (nSPS) is 25.5. The quantitative estimate of drug-likeness (QED) is 0.392. The van der Waals surface area contributed by atoms with Crippen LogP contribution in [0, 0.1) is 0 Å². The van der Waals surface area contributed by atoms with Gasteiger partial charge in [-0.3, -0.25) is 4.57 Å². The molecule has 3 heterocycles. The standard InChI is InChI=1S/C18H19N5O5/c19-18-21-10(6-11(25)9-4-2-1-3-5-9)13-16(22-18)23(8-20-13)17-15(27)14(26)12(7-24)28-17/h1-6,8,12,14-15,17,24-27H,7H2,(H2,19,21,22)/b11-6+/t12-,14+,15+,17+/m0/s1. The summed E-state index contributed by atoms with van der Waals surface area (Å²) in [7, 11) is 0. The summed E-state index contributed by atoms with van der Waals surface area (Å²) in [5, 5.41) is 39.9. The number of hydrogen-bond acceptors (Lipinski definition) is 9. The van der Waals surface area contributed by atoms with E-state index in [9.17, 15) is 20.4 Å². The molecular weight excluding hydrogens is 366 g/mol. The molecule has 1 aromatic carbocycles. The Hall–Kier alpha value is -3.05. The highest BCUT2D eigenvalue weighted by molar-refractivity contribution is 5.87. The van der Waals surface area contributed by atoms with E-state index in [-0.39, 0.29) is 23.0 Å². The topological polar surface area (TPSA) is 160 Å². The maximum Gasteiger partial charge on any atom is 0.222 e. The second kappa shape index (κ2) is 7.17. The molecule has 0 bridgehead atoms. The van der Waals surface area contributed by atoms with E-state index >= 15 is 0 Å². The first-order chi connectivity index (χ1) is 13.5. The highest BCUT2D eigenvalue weighted by atomic mass is 16.6. The molecule has 146 valence electrons. The van der Waals surface area contributed by atoms with E-state index in [1.54, 1.807) is 24.3 Å². The Morgan fingerprint density at radius 2 is 1.93 bits per heavy atom. The molecule has 0 aliphatic carbocycles. The van der Waals surface area contributed by atoms with Crippen molar-refractivity contribution in [3.8, 4) is 0 Å². The number of fused-ring (bicyclic) bond motifs is 1. The smallest absolute Gasteiger partial charge is 0.222 e. The maximum absolute atomic E-state index is 10.4. The van der Waals surface area contributed by atoms with E-state index < -0.39 is 31.1 Å². The van der Waals surface area contributed by atoms with Gasteiger partial charge in [0.15, 0.2) is 11.9 Å². The zero-order chi connectivity index (χ0) is 19.8. The zero-order valence-electron chi connectivity index (χ0n) is 14.6. The largest absolute Gasteiger partial charge is 0.507 e. The van der Waals surface area contributed by atoms with Crippen LogP contribution in [0.2, 0.25) is 0 Å². The van der Waals surface area contributed by atoms with Crippen molar-refractivity contribution in [1.29, 1.82) is 0 Å². The van der Waals surface area contributed by atoms with Crippen LogP contribution in [0.4, 0.5) is 5.95 Å². The molecule has 0 unspecified atom stereocenters. The van der Waals surface area contributed by atoms with Crippen LogP contribution in [0.15, 0.2) is 36.7 Å². The fourth-order valence-electron chi connectivity index (χ4n) is 3.17. The van der Waals surface area contributed by atoms with Gasteiger partial charge in [-0.1, -0.05) is 30.3 Å². The van der Waals surface area contributed by atoms with Crippen molar-refractivity contribution < 1.29 is 25.2 Å². The molecule has 3 aromatic rings. The molecule has 6 N–H and O–H groups in total. The monoisotopic (exact) mass is 385 g/mol. The molecule has 1 aliphatic heterocycles. The number of nitrogen functional groups attached to an aromatic ring is 1. The lowest BCUT2D eigenvalue weighted by molar-refractivity contribution is -0.0511. The van der Waals surface area contributed by atoms with Gasteiger partial charge in [-0.15, -0.1) is 0 Å². The molecule has 28 heavy (non-hydrogen) atoms. The van der Waals surface area contributed by atoms with Crippen molar-refractivity contribution >= 4 is 28.9 Å². The predicted octanol–water partition coefficient (Wildman–Crippen LogP) is 0.0761. The molecule has 0 amide bonds. The minimum absolute atomic E-state index is 0.0255. The Morgan fingerprint density at radius 1 is 1.18 bits per heavy atom. The predicted molar refractivity (Wildman–Crippen MR) is 99.7 cm³/mol. The first-order valence-corrected chi connectivity index (χ1v) is 8.58. The molecule has 1 fully saturated rings. The van der Waals surface area contributed by atoms with Crippen molar-refractivity contribution in [2.45, 2.75) is 24.5 Å². The molecule has 10 heteroatoms. The van der Waals surface area contributed by atoms with E-state index in [1.807, 2.05) is 6.07 Å². The molecule has 0 radical (unpaired) electrons. The summed E-state index contributed by atoms with van der Waals surface area (Å²) < 4.78 is 6.94. The first kappa shape index (κ1) is 18.3. The van der Waals surface area contributed by atoms with E-state index in [4.69, 9.17) is 10.5 Å². The number of aromatic nitrogens is 4. The Morgan fingerprint density at radius 3 is 2.61 bits per heavy atom. The lowest BCUT2D eigenvalue weighted by Gasteiger charge is -2.16. The van der Waals surface area contributed by atoms with Crippen LogP contribution in [0.3, 0.4) is 0 Å². The average Bonchev–Trinajstić information content (AvgIpc) is 3.23. The number of benzene rings is 1. The van der Waals surface area contributed by atoms with Crippen LogP contribution in [0.25, 0.3) is 23.0 Å². The minimum Gasteiger partial charge on any atom is -0.507 e. The molecule has 1 saturated heterocycles. The molecule has 1 aliphatic rings. The molecule has 0 saturated carbocycles. The zero-order valence-corrected chi connectivity index (χ0v) is 14.6. The SMILES string of the molecule is Nc1nc(/C=C(/O)c2ccccc2)c2ncn([C@@H]3O[C@@H](CO)[C@@H](O)[C@H]3O)c2n1. The summed E-state index contributed by atoms with van der Waals surface area (Å²) in [5.41, 5.74) is 7.28. The van der Waals surface area contributed by atoms with Gasteiger partial charge in [-0.25, -0.2) is 9.97 Å². The summed E-state index contributed by atoms with van der Waals surface area (Å²) in [4.78, 5) is 12.5. The van der Waals surface area contributed by atoms with Gasteiger partial charge in [0.1, 0.15) is 35.3 Å². The molecular formula is C18H19N5O5. The third-order valence-electron chi connectivity index (χ3n) is 4.60. The fourth-order valence-corrected chi connectivity index (χ4v) is 3.17. The van der Waals surface area contributed by atoms with Crippen molar-refractivity contribution in [2.24, 2.45) is 0 Å². The molecule has 4 atom stereocenters. The number of nitrogens with zero attached hydrogens (tertiary/aromatic N) is 4. The van der Waals surface area contributed by atoms with Crippen LogP contribution >= 0.6 is 0 Å². The van der Waals surface area contributed by atoms with Gasteiger partial charge in [0.2, 0.25) is 5.95 Å². The van der Waals surface area contributed by atoms with E-state index in [1.165, 1.54) is 17.0 Å². The number of aliphatic hydroxyl groups is 4. The molecule has 10 nitrogen and oxygen atoms in total.